The van der Waals surface area contributed by atoms with Crippen LogP contribution in [0.3, 0.4) is 0 Å². The molecule has 128 valence electrons. The molecule has 1 atom stereocenters. The minimum atomic E-state index is -0.492. The van der Waals surface area contributed by atoms with Crippen LogP contribution in [0.4, 0.5) is 15.2 Å². The van der Waals surface area contributed by atoms with Gasteiger partial charge in [-0.15, -0.1) is 11.3 Å². The molecule has 0 bridgehead atoms. The Labute approximate surface area is 149 Å². The summed E-state index contributed by atoms with van der Waals surface area (Å²) >= 11 is 7.47. The number of amides is 1. The second-order valence-electron chi connectivity index (χ2n) is 5.63. The largest absolute Gasteiger partial charge is 0.346 e. The van der Waals surface area contributed by atoms with Gasteiger partial charge < -0.3 is 10.2 Å². The van der Waals surface area contributed by atoms with Crippen molar-refractivity contribution in [2.24, 2.45) is 0 Å². The van der Waals surface area contributed by atoms with Gasteiger partial charge in [-0.2, -0.15) is 0 Å². The van der Waals surface area contributed by atoms with Gasteiger partial charge in [0.1, 0.15) is 5.82 Å². The van der Waals surface area contributed by atoms with Crippen LogP contribution in [-0.4, -0.2) is 48.0 Å². The Morgan fingerprint density at radius 3 is 2.79 bits per heavy atom. The number of halogens is 2. The molecule has 8 heteroatoms. The van der Waals surface area contributed by atoms with Gasteiger partial charge in [0.25, 0.3) is 0 Å². The fourth-order valence-corrected chi connectivity index (χ4v) is 3.54. The Bertz CT molecular complexity index is 704. The number of anilines is 2. The lowest BCUT2D eigenvalue weighted by Crippen LogP contribution is -2.52. The Balaban J connectivity index is 1.57. The van der Waals surface area contributed by atoms with Crippen LogP contribution >= 0.6 is 22.9 Å². The van der Waals surface area contributed by atoms with Gasteiger partial charge in [-0.1, -0.05) is 11.6 Å². The maximum atomic E-state index is 13.7. The van der Waals surface area contributed by atoms with E-state index >= 15 is 0 Å². The van der Waals surface area contributed by atoms with E-state index in [1.807, 2.05) is 12.3 Å². The minimum Gasteiger partial charge on any atom is -0.346 e. The molecule has 24 heavy (non-hydrogen) atoms. The van der Waals surface area contributed by atoms with Crippen molar-refractivity contribution in [3.63, 3.8) is 0 Å². The van der Waals surface area contributed by atoms with Crippen molar-refractivity contribution in [2.45, 2.75) is 13.0 Å². The second-order valence-corrected chi connectivity index (χ2v) is 6.94. The zero-order chi connectivity index (χ0) is 17.1. The van der Waals surface area contributed by atoms with Crippen LogP contribution in [0.1, 0.15) is 6.92 Å². The minimum absolute atomic E-state index is 0.112. The summed E-state index contributed by atoms with van der Waals surface area (Å²) in [5, 5.41) is 5.97. The van der Waals surface area contributed by atoms with Crippen LogP contribution in [-0.2, 0) is 4.79 Å². The van der Waals surface area contributed by atoms with Gasteiger partial charge in [0.2, 0.25) is 5.91 Å². The van der Waals surface area contributed by atoms with Gasteiger partial charge in [-0.25, -0.2) is 9.37 Å². The summed E-state index contributed by atoms with van der Waals surface area (Å²) in [5.41, 5.74) is 0.112. The molecule has 0 saturated carbocycles. The third-order valence-corrected chi connectivity index (χ3v) is 5.18. The zero-order valence-corrected chi connectivity index (χ0v) is 14.8. The Kier molecular flexibility index (Phi) is 5.33. The Morgan fingerprint density at radius 2 is 2.12 bits per heavy atom. The third-order valence-electron chi connectivity index (χ3n) is 4.12. The van der Waals surface area contributed by atoms with E-state index in [1.54, 1.807) is 17.5 Å². The van der Waals surface area contributed by atoms with Gasteiger partial charge in [0, 0.05) is 42.8 Å². The number of rotatable bonds is 4. The first-order valence-corrected chi connectivity index (χ1v) is 8.95. The molecule has 1 saturated heterocycles. The highest BCUT2D eigenvalue weighted by atomic mass is 35.5. The van der Waals surface area contributed by atoms with Crippen molar-refractivity contribution >= 4 is 39.7 Å². The molecule has 1 fully saturated rings. The molecule has 2 aromatic rings. The number of hydrogen-bond acceptors (Lipinski definition) is 5. The quantitative estimate of drug-likeness (QED) is 0.901. The van der Waals surface area contributed by atoms with Crippen LogP contribution < -0.4 is 10.2 Å². The van der Waals surface area contributed by atoms with Crippen molar-refractivity contribution in [1.82, 2.24) is 9.88 Å². The second kappa shape index (κ2) is 7.46. The van der Waals surface area contributed by atoms with Crippen molar-refractivity contribution in [3.8, 4) is 0 Å². The molecular formula is C16H18ClFN4OS. The molecule has 3 rings (SSSR count). The van der Waals surface area contributed by atoms with Crippen molar-refractivity contribution in [1.29, 1.82) is 0 Å². The Morgan fingerprint density at radius 1 is 1.38 bits per heavy atom. The van der Waals surface area contributed by atoms with Crippen LogP contribution in [0.5, 0.6) is 0 Å². The van der Waals surface area contributed by atoms with Crippen LogP contribution in [0.15, 0.2) is 29.8 Å². The molecule has 0 spiro atoms. The molecule has 0 radical (unpaired) electrons. The summed E-state index contributed by atoms with van der Waals surface area (Å²) in [6.07, 6.45) is 1.79. The lowest BCUT2D eigenvalue weighted by molar-refractivity contribution is -0.120. The molecule has 0 aliphatic carbocycles. The highest BCUT2D eigenvalue weighted by Gasteiger charge is 2.26. The molecule has 5 nitrogen and oxygen atoms in total. The number of thiazole rings is 1. The summed E-state index contributed by atoms with van der Waals surface area (Å²) in [6.45, 7) is 4.97. The number of aromatic nitrogens is 1. The fraction of sp³-hybridized carbons (Fsp3) is 0.375. The van der Waals surface area contributed by atoms with Gasteiger partial charge in [0.15, 0.2) is 5.13 Å². The van der Waals surface area contributed by atoms with E-state index in [0.717, 1.165) is 31.3 Å². The predicted molar refractivity (Wildman–Crippen MR) is 95.4 cm³/mol. The number of hydrogen-bond donors (Lipinski definition) is 1. The van der Waals surface area contributed by atoms with E-state index in [9.17, 15) is 9.18 Å². The summed E-state index contributed by atoms with van der Waals surface area (Å²) in [7, 11) is 0. The van der Waals surface area contributed by atoms with Gasteiger partial charge >= 0.3 is 0 Å². The average molecular weight is 369 g/mol. The molecule has 1 aliphatic rings. The molecule has 1 aromatic carbocycles. The molecular weight excluding hydrogens is 351 g/mol. The van der Waals surface area contributed by atoms with Crippen molar-refractivity contribution in [3.05, 3.63) is 40.6 Å². The number of piperazine rings is 1. The van der Waals surface area contributed by atoms with Crippen LogP contribution in [0.2, 0.25) is 5.02 Å². The predicted octanol–water partition coefficient (Wildman–Crippen LogP) is 3.08. The van der Waals surface area contributed by atoms with Crippen molar-refractivity contribution in [2.75, 3.05) is 36.4 Å². The van der Waals surface area contributed by atoms with E-state index in [-0.39, 0.29) is 17.6 Å². The number of nitrogens with one attached hydrogen (secondary N) is 1. The molecule has 1 unspecified atom stereocenters. The summed E-state index contributed by atoms with van der Waals surface area (Å²) in [5.74, 6) is -0.729. The van der Waals surface area contributed by atoms with E-state index in [2.05, 4.69) is 20.1 Å². The maximum absolute atomic E-state index is 13.7. The first-order valence-electron chi connectivity index (χ1n) is 7.69. The van der Waals surface area contributed by atoms with Crippen LogP contribution in [0, 0.1) is 5.82 Å². The molecule has 1 amide bonds. The lowest BCUT2D eigenvalue weighted by Gasteiger charge is -2.37. The lowest BCUT2D eigenvalue weighted by atomic mass is 10.2. The van der Waals surface area contributed by atoms with Crippen LogP contribution in [0.25, 0.3) is 0 Å². The average Bonchev–Trinajstić information content (AvgIpc) is 3.12. The normalized spacial score (nSPS) is 16.9. The third kappa shape index (κ3) is 3.85. The number of carbonyl (C=O) groups is 1. The number of carbonyl (C=O) groups excluding carboxylic acids is 1. The molecule has 1 aromatic heterocycles. The zero-order valence-electron chi connectivity index (χ0n) is 13.2. The summed E-state index contributed by atoms with van der Waals surface area (Å²) < 4.78 is 13.7. The van der Waals surface area contributed by atoms with E-state index in [1.165, 1.54) is 18.2 Å². The van der Waals surface area contributed by atoms with Gasteiger partial charge in [-0.05, 0) is 25.1 Å². The van der Waals surface area contributed by atoms with Gasteiger partial charge in [-0.3, -0.25) is 9.69 Å². The Hall–Kier alpha value is -1.70. The fourth-order valence-electron chi connectivity index (χ4n) is 2.67. The highest BCUT2D eigenvalue weighted by Crippen LogP contribution is 2.22. The molecule has 1 N–H and O–H groups in total. The summed E-state index contributed by atoms with van der Waals surface area (Å²) in [4.78, 5) is 21.0. The maximum Gasteiger partial charge on any atom is 0.241 e. The SMILES string of the molecule is CC(C(=O)Nc1cc(Cl)ccc1F)N1CCN(c2nccs2)CC1. The van der Waals surface area contributed by atoms with Crippen molar-refractivity contribution < 1.29 is 9.18 Å². The van der Waals surface area contributed by atoms with E-state index in [4.69, 9.17) is 11.6 Å². The first-order chi connectivity index (χ1) is 11.5. The monoisotopic (exact) mass is 368 g/mol. The molecule has 2 heterocycles. The number of nitrogens with zero attached hydrogens (tertiary/aromatic N) is 3. The molecule has 1 aliphatic heterocycles. The van der Waals surface area contributed by atoms with E-state index < -0.39 is 5.82 Å². The summed E-state index contributed by atoms with van der Waals surface area (Å²) in [6, 6.07) is 3.77. The topological polar surface area (TPSA) is 48.5 Å². The standard InChI is InChI=1S/C16H18ClFN4OS/c1-11(15(23)20-14-10-12(17)2-3-13(14)18)21-5-7-22(8-6-21)16-19-4-9-24-16/h2-4,9-11H,5-8H2,1H3,(H,20,23). The highest BCUT2D eigenvalue weighted by molar-refractivity contribution is 7.13. The van der Waals surface area contributed by atoms with Gasteiger partial charge in [0.05, 0.1) is 11.7 Å². The van der Waals surface area contributed by atoms with E-state index in [0.29, 0.717) is 5.02 Å². The number of benzene rings is 1. The smallest absolute Gasteiger partial charge is 0.241 e. The first kappa shape index (κ1) is 17.1.